The van der Waals surface area contributed by atoms with Gasteiger partial charge in [0.2, 0.25) is 11.8 Å². The number of likely N-dealkylation sites (N-methyl/N-ethyl adjacent to an activating group) is 2. The maximum absolute atomic E-state index is 12.3. The molecule has 0 aromatic rings. The van der Waals surface area contributed by atoms with E-state index < -0.39 is 0 Å². The highest BCUT2D eigenvalue weighted by Crippen LogP contribution is 2.21. The normalized spacial score (nSPS) is 25.8. The van der Waals surface area contributed by atoms with E-state index in [1.54, 1.807) is 7.05 Å². The minimum absolute atomic E-state index is 0.114. The highest BCUT2D eigenvalue weighted by Gasteiger charge is 2.35. The van der Waals surface area contributed by atoms with Crippen LogP contribution in [0.3, 0.4) is 0 Å². The first-order chi connectivity index (χ1) is 10.3. The Labute approximate surface area is 131 Å². The van der Waals surface area contributed by atoms with Crippen LogP contribution >= 0.6 is 0 Å². The lowest BCUT2D eigenvalue weighted by Crippen LogP contribution is -2.36. The van der Waals surface area contributed by atoms with E-state index in [1.807, 2.05) is 19.0 Å². The molecular weight excluding hydrogens is 284 g/mol. The lowest BCUT2D eigenvalue weighted by atomic mass is 10.1. The first-order valence-corrected chi connectivity index (χ1v) is 7.81. The molecule has 0 aromatic carbocycles. The van der Waals surface area contributed by atoms with E-state index in [0.29, 0.717) is 31.3 Å². The van der Waals surface area contributed by atoms with Crippen LogP contribution in [0.4, 0.5) is 4.79 Å². The minimum Gasteiger partial charge on any atom is -0.341 e. The third-order valence-electron chi connectivity index (χ3n) is 4.59. The molecule has 7 nitrogen and oxygen atoms in total. The summed E-state index contributed by atoms with van der Waals surface area (Å²) in [4.78, 5) is 42.4. The van der Waals surface area contributed by atoms with Gasteiger partial charge in [-0.3, -0.25) is 14.5 Å². The second-order valence-electron chi connectivity index (χ2n) is 6.59. The molecule has 2 saturated heterocycles. The fourth-order valence-electron chi connectivity index (χ4n) is 3.26. The number of carbonyl (C=O) groups excluding carboxylic acids is 3. The molecule has 2 unspecified atom stereocenters. The molecule has 0 bridgehead atoms. The summed E-state index contributed by atoms with van der Waals surface area (Å²) in [6.07, 6.45) is 0.912. The summed E-state index contributed by atoms with van der Waals surface area (Å²) in [5.74, 6) is 0.403. The summed E-state index contributed by atoms with van der Waals surface area (Å²) in [7, 11) is 5.69. The van der Waals surface area contributed by atoms with Gasteiger partial charge in [-0.2, -0.15) is 0 Å². The molecule has 0 radical (unpaired) electrons. The molecule has 0 saturated carbocycles. The van der Waals surface area contributed by atoms with Gasteiger partial charge in [-0.05, 0) is 26.4 Å². The van der Waals surface area contributed by atoms with Crippen molar-refractivity contribution in [3.63, 3.8) is 0 Å². The molecular formula is C15H26N4O3. The molecule has 22 heavy (non-hydrogen) atoms. The number of likely N-dealkylation sites (tertiary alicyclic amines) is 1. The van der Waals surface area contributed by atoms with Crippen LogP contribution in [0.5, 0.6) is 0 Å². The molecule has 0 spiro atoms. The van der Waals surface area contributed by atoms with Crippen molar-refractivity contribution in [3.05, 3.63) is 0 Å². The van der Waals surface area contributed by atoms with Crippen LogP contribution in [0.1, 0.15) is 19.8 Å². The number of imide groups is 1. The highest BCUT2D eigenvalue weighted by molar-refractivity contribution is 6.01. The molecule has 4 amide bonds. The van der Waals surface area contributed by atoms with Crippen LogP contribution in [-0.2, 0) is 9.59 Å². The summed E-state index contributed by atoms with van der Waals surface area (Å²) in [5, 5.41) is 0. The summed E-state index contributed by atoms with van der Waals surface area (Å²) in [6, 6.07) is 0.138. The van der Waals surface area contributed by atoms with Crippen molar-refractivity contribution in [1.29, 1.82) is 0 Å². The van der Waals surface area contributed by atoms with Crippen molar-refractivity contribution in [2.45, 2.75) is 25.8 Å². The predicted octanol–water partition coefficient (Wildman–Crippen LogP) is 0.0691. The Morgan fingerprint density at radius 3 is 2.45 bits per heavy atom. The van der Waals surface area contributed by atoms with Gasteiger partial charge >= 0.3 is 6.03 Å². The summed E-state index contributed by atoms with van der Waals surface area (Å²) < 4.78 is 0. The van der Waals surface area contributed by atoms with Crippen molar-refractivity contribution < 1.29 is 14.4 Å². The van der Waals surface area contributed by atoms with Crippen LogP contribution in [0.2, 0.25) is 0 Å². The monoisotopic (exact) mass is 310 g/mol. The maximum Gasteiger partial charge on any atom is 0.326 e. The Hall–Kier alpha value is -1.63. The third-order valence-corrected chi connectivity index (χ3v) is 4.59. The van der Waals surface area contributed by atoms with Crippen LogP contribution in [0.15, 0.2) is 0 Å². The summed E-state index contributed by atoms with van der Waals surface area (Å²) in [5.41, 5.74) is 0. The van der Waals surface area contributed by atoms with Crippen LogP contribution in [0.25, 0.3) is 0 Å². The smallest absolute Gasteiger partial charge is 0.326 e. The van der Waals surface area contributed by atoms with E-state index in [2.05, 4.69) is 11.8 Å². The molecule has 0 aromatic heterocycles. The summed E-state index contributed by atoms with van der Waals surface area (Å²) in [6.45, 7) is 4.17. The Morgan fingerprint density at radius 1 is 1.27 bits per heavy atom. The zero-order valence-corrected chi connectivity index (χ0v) is 13.9. The first-order valence-electron chi connectivity index (χ1n) is 7.81. The number of hydrogen-bond acceptors (Lipinski definition) is 4. The molecule has 2 aliphatic heterocycles. The Balaban J connectivity index is 1.77. The van der Waals surface area contributed by atoms with Crippen LogP contribution < -0.4 is 0 Å². The molecule has 2 atom stereocenters. The van der Waals surface area contributed by atoms with Crippen molar-refractivity contribution >= 4 is 17.8 Å². The number of urea groups is 1. The molecule has 7 heteroatoms. The lowest BCUT2D eigenvalue weighted by molar-refractivity contribution is -0.131. The molecule has 2 rings (SSSR count). The zero-order chi connectivity index (χ0) is 16.4. The Bertz CT molecular complexity index is 466. The van der Waals surface area contributed by atoms with Crippen molar-refractivity contribution in [3.8, 4) is 0 Å². The van der Waals surface area contributed by atoms with Gasteiger partial charge in [0.25, 0.3) is 0 Å². The second kappa shape index (κ2) is 6.64. The fourth-order valence-corrected chi connectivity index (χ4v) is 3.26. The van der Waals surface area contributed by atoms with Gasteiger partial charge in [0.05, 0.1) is 0 Å². The van der Waals surface area contributed by atoms with Crippen LogP contribution in [-0.4, -0.2) is 90.8 Å². The van der Waals surface area contributed by atoms with Gasteiger partial charge in [0.15, 0.2) is 0 Å². The van der Waals surface area contributed by atoms with Gasteiger partial charge in [0.1, 0.15) is 6.54 Å². The molecule has 2 heterocycles. The van der Waals surface area contributed by atoms with Gasteiger partial charge in [-0.25, -0.2) is 4.79 Å². The third kappa shape index (κ3) is 3.40. The molecule has 124 valence electrons. The molecule has 2 fully saturated rings. The largest absolute Gasteiger partial charge is 0.341 e. The molecule has 2 aliphatic rings. The predicted molar refractivity (Wildman–Crippen MR) is 82.2 cm³/mol. The van der Waals surface area contributed by atoms with E-state index >= 15 is 0 Å². The molecule has 0 aliphatic carbocycles. The Morgan fingerprint density at radius 2 is 1.95 bits per heavy atom. The average Bonchev–Trinajstić information content (AvgIpc) is 2.94. The summed E-state index contributed by atoms with van der Waals surface area (Å²) >= 11 is 0. The van der Waals surface area contributed by atoms with E-state index in [9.17, 15) is 14.4 Å². The number of rotatable bonds is 5. The lowest BCUT2D eigenvalue weighted by Gasteiger charge is -2.22. The van der Waals surface area contributed by atoms with Gasteiger partial charge in [0, 0.05) is 39.1 Å². The van der Waals surface area contributed by atoms with Gasteiger partial charge in [-0.15, -0.1) is 0 Å². The standard InChI is InChI=1S/C15H26N4O3/c1-11-8-18(9-12(11)16(2)3)13(20)6-5-7-19-14(21)10-17(4)15(19)22/h11-12H,5-10H2,1-4H3. The zero-order valence-electron chi connectivity index (χ0n) is 13.9. The van der Waals surface area contributed by atoms with Crippen molar-refractivity contribution in [2.75, 3.05) is 47.3 Å². The quantitative estimate of drug-likeness (QED) is 0.674. The van der Waals surface area contributed by atoms with E-state index in [1.165, 1.54) is 9.80 Å². The average molecular weight is 310 g/mol. The molecule has 0 N–H and O–H groups in total. The minimum atomic E-state index is -0.264. The number of amides is 4. The highest BCUT2D eigenvalue weighted by atomic mass is 16.2. The maximum atomic E-state index is 12.3. The number of nitrogens with zero attached hydrogens (tertiary/aromatic N) is 4. The fraction of sp³-hybridized carbons (Fsp3) is 0.800. The van der Waals surface area contributed by atoms with Crippen molar-refractivity contribution in [2.24, 2.45) is 5.92 Å². The van der Waals surface area contributed by atoms with Gasteiger partial charge < -0.3 is 14.7 Å². The second-order valence-corrected chi connectivity index (χ2v) is 6.59. The van der Waals surface area contributed by atoms with E-state index in [4.69, 9.17) is 0 Å². The van der Waals surface area contributed by atoms with Crippen LogP contribution in [0, 0.1) is 5.92 Å². The number of hydrogen-bond donors (Lipinski definition) is 0. The van der Waals surface area contributed by atoms with Gasteiger partial charge in [-0.1, -0.05) is 6.92 Å². The van der Waals surface area contributed by atoms with Crippen molar-refractivity contribution in [1.82, 2.24) is 19.6 Å². The SMILES string of the molecule is CC1CN(C(=O)CCCN2C(=O)CN(C)C2=O)CC1N(C)C. The number of carbonyl (C=O) groups is 3. The Kier molecular flexibility index (Phi) is 5.05. The topological polar surface area (TPSA) is 64.2 Å². The van der Waals surface area contributed by atoms with E-state index in [0.717, 1.165) is 13.1 Å². The first kappa shape index (κ1) is 16.7. The van der Waals surface area contributed by atoms with E-state index in [-0.39, 0.29) is 24.4 Å².